The summed E-state index contributed by atoms with van der Waals surface area (Å²) in [7, 11) is 0. The Bertz CT molecular complexity index is 602. The second-order valence-corrected chi connectivity index (χ2v) is 4.67. The molecule has 0 aromatic heterocycles. The Kier molecular flexibility index (Phi) is 5.22. The molecule has 0 heterocycles. The van der Waals surface area contributed by atoms with Crippen molar-refractivity contribution in [1.29, 1.82) is 0 Å². The van der Waals surface area contributed by atoms with Gasteiger partial charge in [0.15, 0.2) is 0 Å². The van der Waals surface area contributed by atoms with Gasteiger partial charge in [-0.15, -0.1) is 0 Å². The Morgan fingerprint density at radius 3 is 2.57 bits per heavy atom. The van der Waals surface area contributed by atoms with E-state index < -0.39 is 6.61 Å². The minimum atomic E-state index is -2.84. The molecule has 112 valence electrons. The van der Waals surface area contributed by atoms with Gasteiger partial charge in [-0.25, -0.2) is 4.39 Å². The van der Waals surface area contributed by atoms with E-state index in [0.29, 0.717) is 24.2 Å². The number of rotatable bonds is 6. The van der Waals surface area contributed by atoms with Crippen LogP contribution in [-0.2, 0) is 13.1 Å². The first-order chi connectivity index (χ1) is 10.1. The minimum absolute atomic E-state index is 0.162. The first-order valence-corrected chi connectivity index (χ1v) is 6.54. The molecule has 5 heteroatoms. The highest BCUT2D eigenvalue weighted by atomic mass is 19.3. The highest BCUT2D eigenvalue weighted by molar-refractivity contribution is 5.33. The summed E-state index contributed by atoms with van der Waals surface area (Å²) in [4.78, 5) is 0. The van der Waals surface area contributed by atoms with Crippen molar-refractivity contribution in [3.63, 3.8) is 0 Å². The van der Waals surface area contributed by atoms with Crippen LogP contribution in [0.1, 0.15) is 16.7 Å². The maximum absolute atomic E-state index is 13.2. The van der Waals surface area contributed by atoms with Crippen molar-refractivity contribution >= 4 is 0 Å². The van der Waals surface area contributed by atoms with Crippen LogP contribution in [0.15, 0.2) is 42.5 Å². The molecule has 0 fully saturated rings. The van der Waals surface area contributed by atoms with Gasteiger partial charge in [-0.1, -0.05) is 30.3 Å². The number of para-hydroxylation sites is 1. The molecule has 0 atom stereocenters. The molecule has 0 aliphatic carbocycles. The molecule has 0 aliphatic rings. The van der Waals surface area contributed by atoms with Gasteiger partial charge in [0.25, 0.3) is 0 Å². The maximum Gasteiger partial charge on any atom is 0.387 e. The standard InChI is InChI=1S/C16H16F3NO/c1-11-8-12(6-7-14(11)17)9-20-10-13-4-2-3-5-15(13)21-16(18)19/h2-8,16,20H,9-10H2,1H3. The molecule has 0 saturated heterocycles. The third kappa shape index (κ3) is 4.49. The zero-order valence-corrected chi connectivity index (χ0v) is 11.6. The van der Waals surface area contributed by atoms with E-state index in [9.17, 15) is 13.2 Å². The van der Waals surface area contributed by atoms with Crippen LogP contribution in [0.25, 0.3) is 0 Å². The van der Waals surface area contributed by atoms with Gasteiger partial charge in [-0.05, 0) is 30.2 Å². The lowest BCUT2D eigenvalue weighted by atomic mass is 10.1. The van der Waals surface area contributed by atoms with E-state index in [1.807, 2.05) is 0 Å². The SMILES string of the molecule is Cc1cc(CNCc2ccccc2OC(F)F)ccc1F. The van der Waals surface area contributed by atoms with Crippen LogP contribution in [0, 0.1) is 12.7 Å². The number of hydrogen-bond donors (Lipinski definition) is 1. The van der Waals surface area contributed by atoms with E-state index in [-0.39, 0.29) is 11.6 Å². The fraction of sp³-hybridized carbons (Fsp3) is 0.250. The van der Waals surface area contributed by atoms with Crippen molar-refractivity contribution in [1.82, 2.24) is 5.32 Å². The average Bonchev–Trinajstić information content (AvgIpc) is 2.44. The van der Waals surface area contributed by atoms with Crippen molar-refractivity contribution in [2.75, 3.05) is 0 Å². The zero-order chi connectivity index (χ0) is 15.2. The van der Waals surface area contributed by atoms with Crippen LogP contribution in [0.4, 0.5) is 13.2 Å². The van der Waals surface area contributed by atoms with Crippen LogP contribution in [-0.4, -0.2) is 6.61 Å². The summed E-state index contributed by atoms with van der Waals surface area (Å²) in [6, 6.07) is 11.5. The molecular formula is C16H16F3NO. The first kappa shape index (κ1) is 15.4. The summed E-state index contributed by atoms with van der Waals surface area (Å²) < 4.78 is 42.2. The monoisotopic (exact) mass is 295 g/mol. The van der Waals surface area contributed by atoms with Gasteiger partial charge in [-0.2, -0.15) is 8.78 Å². The number of nitrogens with one attached hydrogen (secondary N) is 1. The Hall–Kier alpha value is -2.01. The topological polar surface area (TPSA) is 21.3 Å². The largest absolute Gasteiger partial charge is 0.434 e. The Morgan fingerprint density at radius 2 is 1.86 bits per heavy atom. The first-order valence-electron chi connectivity index (χ1n) is 6.54. The Balaban J connectivity index is 1.95. The number of ether oxygens (including phenoxy) is 1. The molecular weight excluding hydrogens is 279 g/mol. The highest BCUT2D eigenvalue weighted by Crippen LogP contribution is 2.20. The van der Waals surface area contributed by atoms with Gasteiger partial charge in [0.2, 0.25) is 0 Å². The molecule has 2 aromatic rings. The zero-order valence-electron chi connectivity index (χ0n) is 11.6. The number of alkyl halides is 2. The smallest absolute Gasteiger partial charge is 0.387 e. The van der Waals surface area contributed by atoms with E-state index in [1.165, 1.54) is 12.1 Å². The lowest BCUT2D eigenvalue weighted by Gasteiger charge is -2.11. The molecule has 0 unspecified atom stereocenters. The van der Waals surface area contributed by atoms with E-state index >= 15 is 0 Å². The molecule has 1 N–H and O–H groups in total. The minimum Gasteiger partial charge on any atom is -0.434 e. The van der Waals surface area contributed by atoms with E-state index in [1.54, 1.807) is 37.3 Å². The molecule has 0 aliphatic heterocycles. The number of hydrogen-bond acceptors (Lipinski definition) is 2. The fourth-order valence-corrected chi connectivity index (χ4v) is 2.02. The van der Waals surface area contributed by atoms with E-state index in [4.69, 9.17) is 0 Å². The molecule has 2 rings (SSSR count). The van der Waals surface area contributed by atoms with Gasteiger partial charge >= 0.3 is 6.61 Å². The second kappa shape index (κ2) is 7.13. The third-order valence-electron chi connectivity index (χ3n) is 3.06. The van der Waals surface area contributed by atoms with Gasteiger partial charge < -0.3 is 10.1 Å². The summed E-state index contributed by atoms with van der Waals surface area (Å²) in [6.07, 6.45) is 0. The molecule has 2 aromatic carbocycles. The van der Waals surface area contributed by atoms with E-state index in [2.05, 4.69) is 10.1 Å². The molecule has 0 saturated carbocycles. The van der Waals surface area contributed by atoms with Gasteiger partial charge in [0.05, 0.1) is 0 Å². The van der Waals surface area contributed by atoms with Crippen LogP contribution in [0.5, 0.6) is 5.75 Å². The molecule has 2 nitrogen and oxygen atoms in total. The summed E-state index contributed by atoms with van der Waals surface area (Å²) >= 11 is 0. The van der Waals surface area contributed by atoms with Crippen LogP contribution >= 0.6 is 0 Å². The van der Waals surface area contributed by atoms with Crippen LogP contribution < -0.4 is 10.1 Å². The average molecular weight is 295 g/mol. The maximum atomic E-state index is 13.2. The highest BCUT2D eigenvalue weighted by Gasteiger charge is 2.08. The quantitative estimate of drug-likeness (QED) is 0.869. The fourth-order valence-electron chi connectivity index (χ4n) is 2.02. The second-order valence-electron chi connectivity index (χ2n) is 4.67. The van der Waals surface area contributed by atoms with Crippen molar-refractivity contribution in [3.05, 3.63) is 65.0 Å². The van der Waals surface area contributed by atoms with Crippen LogP contribution in [0.2, 0.25) is 0 Å². The normalized spacial score (nSPS) is 10.9. The van der Waals surface area contributed by atoms with Gasteiger partial charge in [0, 0.05) is 18.7 Å². The molecule has 21 heavy (non-hydrogen) atoms. The third-order valence-corrected chi connectivity index (χ3v) is 3.06. The van der Waals surface area contributed by atoms with Crippen molar-refractivity contribution in [2.24, 2.45) is 0 Å². The molecule has 0 amide bonds. The lowest BCUT2D eigenvalue weighted by molar-refractivity contribution is -0.0505. The predicted octanol–water partition coefficient (Wildman–Crippen LogP) is 4.03. The molecule has 0 spiro atoms. The Morgan fingerprint density at radius 1 is 1.10 bits per heavy atom. The Labute approximate surface area is 121 Å². The summed E-state index contributed by atoms with van der Waals surface area (Å²) in [5, 5.41) is 3.13. The van der Waals surface area contributed by atoms with Crippen molar-refractivity contribution < 1.29 is 17.9 Å². The molecule has 0 bridgehead atoms. The predicted molar refractivity (Wildman–Crippen MR) is 74.8 cm³/mol. The van der Waals surface area contributed by atoms with E-state index in [0.717, 1.165) is 5.56 Å². The summed E-state index contributed by atoms with van der Waals surface area (Å²) in [5.74, 6) is -0.0790. The lowest BCUT2D eigenvalue weighted by Crippen LogP contribution is -2.14. The number of aryl methyl sites for hydroxylation is 1. The van der Waals surface area contributed by atoms with Crippen molar-refractivity contribution in [2.45, 2.75) is 26.6 Å². The number of halogens is 3. The van der Waals surface area contributed by atoms with Gasteiger partial charge in [-0.3, -0.25) is 0 Å². The summed E-state index contributed by atoms with van der Waals surface area (Å²) in [5.41, 5.74) is 2.16. The van der Waals surface area contributed by atoms with Gasteiger partial charge in [0.1, 0.15) is 11.6 Å². The number of benzene rings is 2. The van der Waals surface area contributed by atoms with Crippen molar-refractivity contribution in [3.8, 4) is 5.75 Å². The summed E-state index contributed by atoms with van der Waals surface area (Å²) in [6.45, 7) is -0.237. The van der Waals surface area contributed by atoms with Crippen LogP contribution in [0.3, 0.4) is 0 Å². The molecule has 0 radical (unpaired) electrons.